The number of hydrogen-bond acceptors (Lipinski definition) is 2. The van der Waals surface area contributed by atoms with Crippen LogP contribution in [0.3, 0.4) is 0 Å². The Morgan fingerprint density at radius 3 is 2.72 bits per heavy atom. The number of rotatable bonds is 1. The van der Waals surface area contributed by atoms with Crippen LogP contribution in [-0.4, -0.2) is 9.97 Å². The largest absolute Gasteiger partial charge is 0.244 e. The summed E-state index contributed by atoms with van der Waals surface area (Å²) in [4.78, 5) is 8.42. The Hall–Kier alpha value is -1.74. The maximum absolute atomic E-state index is 4.40. The van der Waals surface area contributed by atoms with Gasteiger partial charge in [-0.3, -0.25) is 0 Å². The molecule has 0 saturated carbocycles. The molecule has 0 aliphatic heterocycles. The van der Waals surface area contributed by atoms with Gasteiger partial charge in [0, 0.05) is 11.8 Å². The molecule has 88 valence electrons. The fraction of sp³-hybridized carbons (Fsp3) is 0.0667. The van der Waals surface area contributed by atoms with Crippen molar-refractivity contribution in [1.82, 2.24) is 9.97 Å². The zero-order valence-electron chi connectivity index (χ0n) is 9.89. The topological polar surface area (TPSA) is 25.8 Å². The molecule has 0 bridgehead atoms. The van der Waals surface area contributed by atoms with Crippen molar-refractivity contribution in [3.63, 3.8) is 0 Å². The summed E-state index contributed by atoms with van der Waals surface area (Å²) in [5, 5.41) is 2.44. The van der Waals surface area contributed by atoms with Crippen molar-refractivity contribution in [2.45, 2.75) is 6.92 Å². The Kier molecular flexibility index (Phi) is 2.84. The van der Waals surface area contributed by atoms with Gasteiger partial charge in [-0.1, -0.05) is 36.4 Å². The first kappa shape index (κ1) is 11.4. The second kappa shape index (κ2) is 4.50. The second-order valence-electron chi connectivity index (χ2n) is 4.20. The maximum atomic E-state index is 4.40. The normalized spacial score (nSPS) is 10.8. The number of benzene rings is 2. The van der Waals surface area contributed by atoms with Gasteiger partial charge in [0.15, 0.2) is 0 Å². The molecule has 0 N–H and O–H groups in total. The molecule has 2 aromatic carbocycles. The van der Waals surface area contributed by atoms with Crippen molar-refractivity contribution < 1.29 is 0 Å². The van der Waals surface area contributed by atoms with Crippen molar-refractivity contribution in [3.8, 4) is 11.3 Å². The summed E-state index contributed by atoms with van der Waals surface area (Å²) in [6.45, 7) is 2.11. The van der Waals surface area contributed by atoms with Gasteiger partial charge in [-0.2, -0.15) is 0 Å². The summed E-state index contributed by atoms with van der Waals surface area (Å²) in [7, 11) is 0. The number of halogens is 1. The standard InChI is InChI=1S/C15H11BrN2/c1-10-6-7-11-4-2-3-5-12(11)14(10)15-13(16)8-17-9-18-15/h2-9H,1H3. The van der Waals surface area contributed by atoms with Gasteiger partial charge in [-0.25, -0.2) is 9.97 Å². The average molecular weight is 299 g/mol. The van der Waals surface area contributed by atoms with E-state index in [1.807, 2.05) is 0 Å². The first-order chi connectivity index (χ1) is 8.77. The summed E-state index contributed by atoms with van der Waals surface area (Å²) >= 11 is 3.53. The highest BCUT2D eigenvalue weighted by atomic mass is 79.9. The Morgan fingerprint density at radius 1 is 1.06 bits per heavy atom. The SMILES string of the molecule is Cc1ccc2ccccc2c1-c1ncncc1Br. The van der Waals surface area contributed by atoms with E-state index in [1.54, 1.807) is 12.5 Å². The van der Waals surface area contributed by atoms with Crippen molar-refractivity contribution in [3.05, 3.63) is 59.0 Å². The van der Waals surface area contributed by atoms with E-state index in [2.05, 4.69) is 69.2 Å². The number of aromatic nitrogens is 2. The van der Waals surface area contributed by atoms with E-state index in [0.717, 1.165) is 10.2 Å². The van der Waals surface area contributed by atoms with Gasteiger partial charge in [0.2, 0.25) is 0 Å². The maximum Gasteiger partial charge on any atom is 0.116 e. The molecular formula is C15H11BrN2. The fourth-order valence-electron chi connectivity index (χ4n) is 2.19. The van der Waals surface area contributed by atoms with Gasteiger partial charge in [0.05, 0.1) is 10.2 Å². The molecule has 1 heterocycles. The summed E-state index contributed by atoms with van der Waals surface area (Å²) in [6.07, 6.45) is 3.37. The van der Waals surface area contributed by atoms with E-state index in [9.17, 15) is 0 Å². The summed E-state index contributed by atoms with van der Waals surface area (Å²) in [5.41, 5.74) is 3.33. The molecule has 18 heavy (non-hydrogen) atoms. The van der Waals surface area contributed by atoms with Gasteiger partial charge in [0.25, 0.3) is 0 Å². The van der Waals surface area contributed by atoms with Gasteiger partial charge < -0.3 is 0 Å². The van der Waals surface area contributed by atoms with Crippen molar-refractivity contribution in [2.75, 3.05) is 0 Å². The molecule has 0 atom stereocenters. The van der Waals surface area contributed by atoms with E-state index in [0.29, 0.717) is 0 Å². The molecule has 3 heteroatoms. The lowest BCUT2D eigenvalue weighted by Gasteiger charge is -2.10. The Balaban J connectivity index is 2.42. The van der Waals surface area contributed by atoms with Crippen LogP contribution < -0.4 is 0 Å². The third kappa shape index (κ3) is 1.81. The minimum Gasteiger partial charge on any atom is -0.244 e. The summed E-state index contributed by atoms with van der Waals surface area (Å²) in [5.74, 6) is 0. The highest BCUT2D eigenvalue weighted by molar-refractivity contribution is 9.10. The number of hydrogen-bond donors (Lipinski definition) is 0. The molecule has 3 aromatic rings. The molecule has 0 aliphatic carbocycles. The van der Waals surface area contributed by atoms with Crippen LogP contribution >= 0.6 is 15.9 Å². The minimum absolute atomic E-state index is 0.921. The van der Waals surface area contributed by atoms with Crippen LogP contribution in [0, 0.1) is 6.92 Å². The van der Waals surface area contributed by atoms with Crippen LogP contribution in [-0.2, 0) is 0 Å². The lowest BCUT2D eigenvalue weighted by atomic mass is 9.97. The zero-order chi connectivity index (χ0) is 12.5. The molecule has 3 rings (SSSR count). The minimum atomic E-state index is 0.921. The van der Waals surface area contributed by atoms with E-state index >= 15 is 0 Å². The monoisotopic (exact) mass is 298 g/mol. The van der Waals surface area contributed by atoms with E-state index in [4.69, 9.17) is 0 Å². The van der Waals surface area contributed by atoms with Crippen LogP contribution in [0.5, 0.6) is 0 Å². The molecule has 0 amide bonds. The molecule has 0 fully saturated rings. The highest BCUT2D eigenvalue weighted by Gasteiger charge is 2.11. The lowest BCUT2D eigenvalue weighted by Crippen LogP contribution is -1.91. The zero-order valence-corrected chi connectivity index (χ0v) is 11.5. The van der Waals surface area contributed by atoms with Crippen LogP contribution in [0.15, 0.2) is 53.4 Å². The molecule has 0 unspecified atom stereocenters. The highest BCUT2D eigenvalue weighted by Crippen LogP contribution is 2.34. The molecule has 0 saturated heterocycles. The molecule has 0 spiro atoms. The number of nitrogens with zero attached hydrogens (tertiary/aromatic N) is 2. The van der Waals surface area contributed by atoms with Gasteiger partial charge in [0.1, 0.15) is 6.33 Å². The third-order valence-corrected chi connectivity index (χ3v) is 3.62. The quantitative estimate of drug-likeness (QED) is 0.667. The Labute approximate surface area is 114 Å². The lowest BCUT2D eigenvalue weighted by molar-refractivity contribution is 1.15. The Morgan fingerprint density at radius 2 is 1.89 bits per heavy atom. The number of aryl methyl sites for hydroxylation is 1. The van der Waals surface area contributed by atoms with E-state index in [1.165, 1.54) is 21.9 Å². The van der Waals surface area contributed by atoms with Gasteiger partial charge in [-0.05, 0) is 39.2 Å². The van der Waals surface area contributed by atoms with Gasteiger partial charge >= 0.3 is 0 Å². The molecule has 1 aromatic heterocycles. The van der Waals surface area contributed by atoms with Crippen LogP contribution in [0.25, 0.3) is 22.0 Å². The molecule has 2 nitrogen and oxygen atoms in total. The van der Waals surface area contributed by atoms with Crippen molar-refractivity contribution in [2.24, 2.45) is 0 Å². The molecular weight excluding hydrogens is 288 g/mol. The first-order valence-electron chi connectivity index (χ1n) is 5.71. The smallest absolute Gasteiger partial charge is 0.116 e. The van der Waals surface area contributed by atoms with Crippen LogP contribution in [0.2, 0.25) is 0 Å². The average Bonchev–Trinajstić information content (AvgIpc) is 2.40. The van der Waals surface area contributed by atoms with Crippen molar-refractivity contribution >= 4 is 26.7 Å². The van der Waals surface area contributed by atoms with Crippen molar-refractivity contribution in [1.29, 1.82) is 0 Å². The molecule has 0 radical (unpaired) electrons. The van der Waals surface area contributed by atoms with Gasteiger partial charge in [-0.15, -0.1) is 0 Å². The van der Waals surface area contributed by atoms with Crippen LogP contribution in [0.1, 0.15) is 5.56 Å². The third-order valence-electron chi connectivity index (χ3n) is 3.04. The summed E-state index contributed by atoms with van der Waals surface area (Å²) in [6, 6.07) is 12.6. The summed E-state index contributed by atoms with van der Waals surface area (Å²) < 4.78 is 0.921. The predicted octanol–water partition coefficient (Wildman–Crippen LogP) is 4.37. The molecule has 0 aliphatic rings. The fourth-order valence-corrected chi connectivity index (χ4v) is 2.61. The first-order valence-corrected chi connectivity index (χ1v) is 6.51. The number of fused-ring (bicyclic) bond motifs is 1. The Bertz CT molecular complexity index is 723. The van der Waals surface area contributed by atoms with E-state index < -0.39 is 0 Å². The predicted molar refractivity (Wildman–Crippen MR) is 77.4 cm³/mol. The van der Waals surface area contributed by atoms with E-state index in [-0.39, 0.29) is 0 Å². The van der Waals surface area contributed by atoms with Crippen LogP contribution in [0.4, 0.5) is 0 Å². The second-order valence-corrected chi connectivity index (χ2v) is 5.05.